The first-order chi connectivity index (χ1) is 18.8. The van der Waals surface area contributed by atoms with Gasteiger partial charge in [-0.05, 0) is 61.9 Å². The molecule has 0 bridgehead atoms. The van der Waals surface area contributed by atoms with Crippen LogP contribution in [0, 0.1) is 6.92 Å². The van der Waals surface area contributed by atoms with Crippen molar-refractivity contribution >= 4 is 56.5 Å². The number of carbonyl (C=O) groups excluding carboxylic acids is 3. The van der Waals surface area contributed by atoms with Crippen LogP contribution in [0.3, 0.4) is 0 Å². The molecule has 212 valence electrons. The highest BCUT2D eigenvalue weighted by atomic mass is 35.5. The summed E-state index contributed by atoms with van der Waals surface area (Å²) in [5, 5.41) is 5.38. The van der Waals surface area contributed by atoms with Gasteiger partial charge >= 0.3 is 5.97 Å². The van der Waals surface area contributed by atoms with Crippen molar-refractivity contribution < 1.29 is 37.0 Å². The third-order valence-electron chi connectivity index (χ3n) is 5.56. The van der Waals surface area contributed by atoms with Crippen LogP contribution in [0.15, 0.2) is 59.5 Å². The Balaban J connectivity index is 1.75. The number of methoxy groups -OCH3 is 2. The van der Waals surface area contributed by atoms with E-state index in [1.165, 1.54) is 52.3 Å². The monoisotopic (exact) mass is 589 g/mol. The molecule has 0 aliphatic rings. The van der Waals surface area contributed by atoms with Gasteiger partial charge in [0.15, 0.2) is 6.10 Å². The summed E-state index contributed by atoms with van der Waals surface area (Å²) in [6.07, 6.45) is -1.20. The molecule has 0 aliphatic heterocycles. The summed E-state index contributed by atoms with van der Waals surface area (Å²) in [7, 11) is -1.43. The predicted molar refractivity (Wildman–Crippen MR) is 151 cm³/mol. The van der Waals surface area contributed by atoms with E-state index in [2.05, 4.69) is 15.4 Å². The Morgan fingerprint density at radius 2 is 1.48 bits per heavy atom. The molecule has 0 radical (unpaired) electrons. The molecule has 3 rings (SSSR count). The van der Waals surface area contributed by atoms with E-state index in [1.54, 1.807) is 31.2 Å². The summed E-state index contributed by atoms with van der Waals surface area (Å²) in [4.78, 5) is 36.3. The van der Waals surface area contributed by atoms with E-state index in [0.29, 0.717) is 22.7 Å². The number of aryl methyl sites for hydroxylation is 1. The first kappa shape index (κ1) is 30.3. The van der Waals surface area contributed by atoms with Crippen molar-refractivity contribution in [2.24, 2.45) is 0 Å². The second kappa shape index (κ2) is 12.7. The standard InChI is InChI=1S/C27H28ClN3O8S/c1-15-6-7-18(12-25(15)40(35,36)31-22-13-21(28)23(37-4)14-24(22)38-5)27(34)39-16(2)26(33)30-20-10-8-19(9-11-20)29-17(3)32/h6-14,16,31H,1-5H3,(H,29,32)(H,30,33)/t16-/m1/s1. The Morgan fingerprint density at radius 1 is 0.875 bits per heavy atom. The number of amides is 2. The fraction of sp³-hybridized carbons (Fsp3) is 0.222. The largest absolute Gasteiger partial charge is 0.495 e. The zero-order chi connectivity index (χ0) is 29.6. The highest BCUT2D eigenvalue weighted by molar-refractivity contribution is 7.92. The van der Waals surface area contributed by atoms with Gasteiger partial charge in [0.25, 0.3) is 15.9 Å². The Hall–Kier alpha value is -4.29. The minimum absolute atomic E-state index is 0.0658. The molecule has 3 N–H and O–H groups in total. The van der Waals surface area contributed by atoms with E-state index in [4.69, 9.17) is 25.8 Å². The number of anilines is 3. The minimum atomic E-state index is -4.21. The van der Waals surface area contributed by atoms with Gasteiger partial charge in [-0.3, -0.25) is 14.3 Å². The number of hydrogen-bond donors (Lipinski definition) is 3. The van der Waals surface area contributed by atoms with E-state index in [9.17, 15) is 22.8 Å². The van der Waals surface area contributed by atoms with Gasteiger partial charge in [0, 0.05) is 24.4 Å². The minimum Gasteiger partial charge on any atom is -0.495 e. The van der Waals surface area contributed by atoms with Crippen molar-refractivity contribution in [2.75, 3.05) is 29.6 Å². The third kappa shape index (κ3) is 7.42. The molecule has 3 aromatic rings. The summed E-state index contributed by atoms with van der Waals surface area (Å²) >= 11 is 6.16. The molecule has 13 heteroatoms. The molecule has 2 amide bonds. The van der Waals surface area contributed by atoms with Gasteiger partial charge in [-0.2, -0.15) is 0 Å². The van der Waals surface area contributed by atoms with Gasteiger partial charge in [0.1, 0.15) is 11.5 Å². The van der Waals surface area contributed by atoms with Crippen molar-refractivity contribution in [3.05, 3.63) is 70.7 Å². The number of hydrogen-bond acceptors (Lipinski definition) is 8. The highest BCUT2D eigenvalue weighted by Crippen LogP contribution is 2.37. The second-order valence-corrected chi connectivity index (χ2v) is 10.6. The molecule has 0 spiro atoms. The van der Waals surface area contributed by atoms with E-state index < -0.39 is 28.0 Å². The van der Waals surface area contributed by atoms with Crippen LogP contribution in [0.4, 0.5) is 17.1 Å². The molecule has 0 fully saturated rings. The van der Waals surface area contributed by atoms with Gasteiger partial charge < -0.3 is 24.8 Å². The Labute approximate surface area is 236 Å². The second-order valence-electron chi connectivity index (χ2n) is 8.57. The number of nitrogens with one attached hydrogen (secondary N) is 3. The van der Waals surface area contributed by atoms with Crippen LogP contribution in [0.2, 0.25) is 5.02 Å². The van der Waals surface area contributed by atoms with Crippen LogP contribution in [0.25, 0.3) is 0 Å². The van der Waals surface area contributed by atoms with Crippen molar-refractivity contribution in [3.63, 3.8) is 0 Å². The Bertz CT molecular complexity index is 1540. The van der Waals surface area contributed by atoms with Crippen LogP contribution in [-0.2, 0) is 24.3 Å². The number of esters is 1. The maximum Gasteiger partial charge on any atom is 0.338 e. The number of sulfonamides is 1. The normalized spacial score (nSPS) is 11.7. The first-order valence-electron chi connectivity index (χ1n) is 11.8. The molecule has 40 heavy (non-hydrogen) atoms. The van der Waals surface area contributed by atoms with Crippen molar-refractivity contribution in [3.8, 4) is 11.5 Å². The lowest BCUT2D eigenvalue weighted by molar-refractivity contribution is -0.123. The van der Waals surface area contributed by atoms with Crippen molar-refractivity contribution in [1.29, 1.82) is 0 Å². The molecule has 1 atom stereocenters. The molecule has 0 aromatic heterocycles. The molecule has 0 saturated heterocycles. The maximum atomic E-state index is 13.3. The number of ether oxygens (including phenoxy) is 3. The van der Waals surface area contributed by atoms with Crippen LogP contribution < -0.4 is 24.8 Å². The van der Waals surface area contributed by atoms with Crippen LogP contribution >= 0.6 is 11.6 Å². The topological polar surface area (TPSA) is 149 Å². The number of rotatable bonds is 10. The molecule has 11 nitrogen and oxygen atoms in total. The van der Waals surface area contributed by atoms with Gasteiger partial charge in [-0.1, -0.05) is 17.7 Å². The predicted octanol–water partition coefficient (Wildman–Crippen LogP) is 4.61. The first-order valence-corrected chi connectivity index (χ1v) is 13.6. The molecular formula is C27H28ClN3O8S. The summed E-state index contributed by atoms with van der Waals surface area (Å²) in [5.41, 5.74) is 1.32. The summed E-state index contributed by atoms with van der Waals surface area (Å²) in [5.74, 6) is -1.27. The molecule has 0 heterocycles. The zero-order valence-corrected chi connectivity index (χ0v) is 23.9. The molecular weight excluding hydrogens is 562 g/mol. The average Bonchev–Trinajstić information content (AvgIpc) is 2.89. The lowest BCUT2D eigenvalue weighted by Crippen LogP contribution is -2.30. The Kier molecular flexibility index (Phi) is 9.61. The lowest BCUT2D eigenvalue weighted by atomic mass is 10.1. The fourth-order valence-corrected chi connectivity index (χ4v) is 5.10. The Morgan fingerprint density at radius 3 is 2.05 bits per heavy atom. The number of carbonyl (C=O) groups is 3. The van der Waals surface area contributed by atoms with E-state index in [0.717, 1.165) is 6.07 Å². The van der Waals surface area contributed by atoms with Gasteiger partial charge in [0.05, 0.1) is 35.4 Å². The number of benzene rings is 3. The van der Waals surface area contributed by atoms with Crippen LogP contribution in [0.1, 0.15) is 29.8 Å². The highest BCUT2D eigenvalue weighted by Gasteiger charge is 2.24. The fourth-order valence-electron chi connectivity index (χ4n) is 3.52. The molecule has 3 aromatic carbocycles. The van der Waals surface area contributed by atoms with E-state index >= 15 is 0 Å². The van der Waals surface area contributed by atoms with Crippen LogP contribution in [0.5, 0.6) is 11.5 Å². The van der Waals surface area contributed by atoms with Crippen molar-refractivity contribution in [1.82, 2.24) is 0 Å². The summed E-state index contributed by atoms with van der Waals surface area (Å²) in [6.45, 7) is 4.32. The lowest BCUT2D eigenvalue weighted by Gasteiger charge is -2.16. The zero-order valence-electron chi connectivity index (χ0n) is 22.3. The third-order valence-corrected chi connectivity index (χ3v) is 7.36. The van der Waals surface area contributed by atoms with E-state index in [1.807, 2.05) is 0 Å². The molecule has 0 unspecified atom stereocenters. The van der Waals surface area contributed by atoms with Gasteiger partial charge in [-0.25, -0.2) is 13.2 Å². The van der Waals surface area contributed by atoms with Gasteiger partial charge in [-0.15, -0.1) is 0 Å². The van der Waals surface area contributed by atoms with E-state index in [-0.39, 0.29) is 32.8 Å². The molecule has 0 saturated carbocycles. The smallest absolute Gasteiger partial charge is 0.338 e. The quantitative estimate of drug-likeness (QED) is 0.290. The number of halogens is 1. The average molecular weight is 590 g/mol. The van der Waals surface area contributed by atoms with Crippen LogP contribution in [-0.4, -0.2) is 46.5 Å². The maximum absolute atomic E-state index is 13.3. The SMILES string of the molecule is COc1cc(OC)c(NS(=O)(=O)c2cc(C(=O)O[C@H](C)C(=O)Nc3ccc(NC(C)=O)cc3)ccc2C)cc1Cl. The van der Waals surface area contributed by atoms with Gasteiger partial charge in [0.2, 0.25) is 5.91 Å². The van der Waals surface area contributed by atoms with Crippen molar-refractivity contribution in [2.45, 2.75) is 31.8 Å². The summed E-state index contributed by atoms with van der Waals surface area (Å²) < 4.78 is 44.6. The summed E-state index contributed by atoms with van der Waals surface area (Å²) in [6, 6.07) is 13.1. The molecule has 0 aliphatic carbocycles.